The molecule has 2 heterocycles. The third-order valence-electron chi connectivity index (χ3n) is 5.72. The number of halogens is 5. The summed E-state index contributed by atoms with van der Waals surface area (Å²) in [6, 6.07) is 18.3. The van der Waals surface area contributed by atoms with Crippen molar-refractivity contribution in [3.8, 4) is 28.5 Å². The quantitative estimate of drug-likeness (QED) is 0.215. The monoisotopic (exact) mass is 569 g/mol. The molecule has 0 bridgehead atoms. The number of rotatable bonds is 7. The van der Waals surface area contributed by atoms with Gasteiger partial charge < -0.3 is 10.1 Å². The molecule has 0 atom stereocenters. The Morgan fingerprint density at radius 2 is 1.61 bits per heavy atom. The van der Waals surface area contributed by atoms with Crippen LogP contribution < -0.4 is 15.4 Å². The maximum absolute atomic E-state index is 13.1. The van der Waals surface area contributed by atoms with Crippen molar-refractivity contribution in [2.75, 3.05) is 10.6 Å². The molecule has 0 spiro atoms. The van der Waals surface area contributed by atoms with E-state index in [9.17, 15) is 26.7 Å². The van der Waals surface area contributed by atoms with E-state index in [1.807, 2.05) is 31.2 Å². The van der Waals surface area contributed by atoms with Crippen molar-refractivity contribution in [3.63, 3.8) is 0 Å². The van der Waals surface area contributed by atoms with Crippen molar-refractivity contribution < 1.29 is 31.5 Å². The second-order valence-electron chi connectivity index (χ2n) is 8.74. The summed E-state index contributed by atoms with van der Waals surface area (Å²) in [7, 11) is 0. The van der Waals surface area contributed by atoms with Crippen molar-refractivity contribution in [2.45, 2.75) is 19.2 Å². The summed E-state index contributed by atoms with van der Waals surface area (Å²) in [6.07, 6.45) is -6.49. The van der Waals surface area contributed by atoms with E-state index in [-0.39, 0.29) is 0 Å². The van der Waals surface area contributed by atoms with E-state index in [4.69, 9.17) is 0 Å². The minimum absolute atomic E-state index is 0.310. The molecule has 0 aliphatic rings. The van der Waals surface area contributed by atoms with Crippen LogP contribution in [0.1, 0.15) is 5.56 Å². The number of urea groups is 1. The van der Waals surface area contributed by atoms with E-state index in [2.05, 4.69) is 30.4 Å². The lowest BCUT2D eigenvalue weighted by Crippen LogP contribution is -2.41. The highest BCUT2D eigenvalue weighted by atomic mass is 19.4. The maximum atomic E-state index is 13.1. The number of aryl methyl sites for hydroxylation is 1. The Balaban J connectivity index is 1.21. The number of ether oxygens (including phenoxy) is 1. The van der Waals surface area contributed by atoms with Gasteiger partial charge in [0.15, 0.2) is 5.82 Å². The van der Waals surface area contributed by atoms with Gasteiger partial charge in [0.05, 0.1) is 5.69 Å². The first-order chi connectivity index (χ1) is 19.5. The summed E-state index contributed by atoms with van der Waals surface area (Å²) < 4.78 is 70.1. The normalized spacial score (nSPS) is 11.8. The fraction of sp³-hybridized carbons (Fsp3) is 0.111. The summed E-state index contributed by atoms with van der Waals surface area (Å²) in [6.45, 7) is 1.97. The average Bonchev–Trinajstić information content (AvgIpc) is 3.59. The lowest BCUT2D eigenvalue weighted by Gasteiger charge is -2.20. The Kier molecular flexibility index (Phi) is 7.13. The van der Waals surface area contributed by atoms with Crippen molar-refractivity contribution in [2.24, 2.45) is 0 Å². The second-order valence-corrected chi connectivity index (χ2v) is 8.74. The van der Waals surface area contributed by atoms with Gasteiger partial charge in [0.2, 0.25) is 5.95 Å². The van der Waals surface area contributed by atoms with Gasteiger partial charge in [-0.1, -0.05) is 12.1 Å². The third-order valence-corrected chi connectivity index (χ3v) is 5.72. The van der Waals surface area contributed by atoms with Crippen molar-refractivity contribution in [3.05, 3.63) is 97.1 Å². The zero-order valence-electron chi connectivity index (χ0n) is 21.1. The van der Waals surface area contributed by atoms with Crippen LogP contribution in [0.15, 0.2) is 91.5 Å². The average molecular weight is 569 g/mol. The topological polar surface area (TPSA) is 98.9 Å². The van der Waals surface area contributed by atoms with Crippen LogP contribution in [-0.2, 0) is 0 Å². The number of anilines is 2. The van der Waals surface area contributed by atoms with Crippen LogP contribution >= 0.6 is 0 Å². The Morgan fingerprint density at radius 1 is 0.878 bits per heavy atom. The number of imidazole rings is 1. The number of aromatic nitrogens is 5. The minimum Gasteiger partial charge on any atom is -0.426 e. The molecule has 210 valence electrons. The predicted octanol–water partition coefficient (Wildman–Crippen LogP) is 6.61. The predicted molar refractivity (Wildman–Crippen MR) is 139 cm³/mol. The molecule has 0 unspecified atom stereocenters. The number of hydrogen-bond acceptors (Lipinski definition) is 5. The molecule has 41 heavy (non-hydrogen) atoms. The van der Waals surface area contributed by atoms with Crippen LogP contribution in [0.2, 0.25) is 0 Å². The molecule has 2 N–H and O–H groups in total. The van der Waals surface area contributed by atoms with Gasteiger partial charge in [0, 0.05) is 29.3 Å². The molecular weight excluding hydrogens is 549 g/mol. The molecular formula is C27H20F5N7O2. The molecule has 5 rings (SSSR count). The molecule has 0 aliphatic heterocycles. The zero-order chi connectivity index (χ0) is 29.2. The summed E-state index contributed by atoms with van der Waals surface area (Å²) in [4.78, 5) is 21.0. The van der Waals surface area contributed by atoms with Gasteiger partial charge in [-0.3, -0.25) is 9.88 Å². The van der Waals surface area contributed by atoms with Gasteiger partial charge in [0.25, 0.3) is 0 Å². The fourth-order valence-corrected chi connectivity index (χ4v) is 3.74. The number of benzene rings is 3. The van der Waals surface area contributed by atoms with Crippen LogP contribution in [0, 0.1) is 6.92 Å². The van der Waals surface area contributed by atoms with Gasteiger partial charge in [-0.15, -0.1) is 5.10 Å². The molecule has 14 heteroatoms. The highest BCUT2D eigenvalue weighted by Crippen LogP contribution is 2.37. The van der Waals surface area contributed by atoms with Crippen LogP contribution in [0.25, 0.3) is 22.8 Å². The molecule has 2 aromatic heterocycles. The van der Waals surface area contributed by atoms with Gasteiger partial charge in [-0.05, 0) is 73.2 Å². The Hall–Kier alpha value is -5.27. The Bertz CT molecular complexity index is 1660. The number of alkyl halides is 5. The third kappa shape index (κ3) is 6.16. The summed E-state index contributed by atoms with van der Waals surface area (Å²) in [5, 5.41) is 9.75. The van der Waals surface area contributed by atoms with Crippen LogP contribution in [0.4, 0.5) is 38.4 Å². The molecule has 9 nitrogen and oxygen atoms in total. The summed E-state index contributed by atoms with van der Waals surface area (Å²) >= 11 is 0. The van der Waals surface area contributed by atoms with E-state index < -0.39 is 24.1 Å². The van der Waals surface area contributed by atoms with Gasteiger partial charge in [0.1, 0.15) is 12.1 Å². The number of nitrogens with one attached hydrogen (secondary N) is 2. The summed E-state index contributed by atoms with van der Waals surface area (Å²) in [5.41, 5.74) is 3.36. The van der Waals surface area contributed by atoms with Crippen molar-refractivity contribution >= 4 is 17.7 Å². The molecule has 0 fully saturated rings. The smallest absolute Gasteiger partial charge is 0.426 e. The molecule has 2 amide bonds. The first-order valence-corrected chi connectivity index (χ1v) is 11.9. The van der Waals surface area contributed by atoms with E-state index >= 15 is 0 Å². The first-order valence-electron chi connectivity index (χ1n) is 11.9. The van der Waals surface area contributed by atoms with E-state index in [1.54, 1.807) is 41.2 Å². The van der Waals surface area contributed by atoms with E-state index in [0.29, 0.717) is 28.7 Å². The highest BCUT2D eigenvalue weighted by molar-refractivity contribution is 5.99. The number of carbonyl (C=O) groups is 1. The lowest BCUT2D eigenvalue weighted by molar-refractivity contribution is -0.360. The Morgan fingerprint density at radius 3 is 2.29 bits per heavy atom. The van der Waals surface area contributed by atoms with Crippen LogP contribution in [0.3, 0.4) is 0 Å². The Labute approximate surface area is 229 Å². The SMILES string of the molecule is Cc1cccc(-n2ccnc2NC(=O)Nc2ccc(-c3ncn(-c4ccc(OC(F)(F)C(F)(F)F)cc4)n3)cc2)c1. The van der Waals surface area contributed by atoms with E-state index in [1.165, 1.54) is 23.1 Å². The standard InChI is InChI=1S/C27H20F5N7O2/c1-17-3-2-4-21(15-17)38-14-13-33-24(38)36-25(40)35-19-7-5-18(6-8-19)23-34-16-39(37-23)20-9-11-22(12-10-20)41-27(31,32)26(28,29)30/h2-16H,1H3,(H2,33,35,36,40). The number of amides is 2. The van der Waals surface area contributed by atoms with Crippen LogP contribution in [-0.4, -0.2) is 42.6 Å². The molecule has 0 radical (unpaired) electrons. The van der Waals surface area contributed by atoms with Gasteiger partial charge in [-0.2, -0.15) is 22.0 Å². The number of hydrogen-bond donors (Lipinski definition) is 2. The first kappa shape index (κ1) is 27.3. The molecule has 0 aliphatic carbocycles. The maximum Gasteiger partial charge on any atom is 0.499 e. The summed E-state index contributed by atoms with van der Waals surface area (Å²) in [5.74, 6) is -0.0130. The minimum atomic E-state index is -5.84. The van der Waals surface area contributed by atoms with Gasteiger partial charge >= 0.3 is 18.3 Å². The molecule has 3 aromatic carbocycles. The fourth-order valence-electron chi connectivity index (χ4n) is 3.74. The second kappa shape index (κ2) is 10.7. The largest absolute Gasteiger partial charge is 0.499 e. The van der Waals surface area contributed by atoms with Crippen LogP contribution in [0.5, 0.6) is 5.75 Å². The van der Waals surface area contributed by atoms with Crippen molar-refractivity contribution in [1.29, 1.82) is 0 Å². The van der Waals surface area contributed by atoms with E-state index in [0.717, 1.165) is 23.4 Å². The van der Waals surface area contributed by atoms with Gasteiger partial charge in [-0.25, -0.2) is 19.4 Å². The lowest BCUT2D eigenvalue weighted by atomic mass is 10.2. The molecule has 0 saturated heterocycles. The number of nitrogens with zero attached hydrogens (tertiary/aromatic N) is 5. The molecule has 0 saturated carbocycles. The highest BCUT2D eigenvalue weighted by Gasteiger charge is 2.61. The number of carbonyl (C=O) groups excluding carboxylic acids is 1. The zero-order valence-corrected chi connectivity index (χ0v) is 21.1. The van der Waals surface area contributed by atoms with Crippen molar-refractivity contribution in [1.82, 2.24) is 24.3 Å². The molecule has 5 aromatic rings.